The van der Waals surface area contributed by atoms with Crippen molar-refractivity contribution in [1.82, 2.24) is 4.98 Å². The lowest BCUT2D eigenvalue weighted by Crippen LogP contribution is -2.09. The first kappa shape index (κ1) is 25.9. The van der Waals surface area contributed by atoms with Crippen LogP contribution in [0.15, 0.2) is 132 Å². The minimum atomic E-state index is 0.0420. The molecule has 0 spiro atoms. The van der Waals surface area contributed by atoms with Gasteiger partial charge in [0.25, 0.3) is 0 Å². The molecule has 0 amide bonds. The largest absolute Gasteiger partial charge is 0.402 e. The Morgan fingerprint density at radius 2 is 1.80 bits per heavy atom. The molecule has 4 aromatic rings. The Morgan fingerprint density at radius 3 is 2.61 bits per heavy atom. The minimum absolute atomic E-state index is 0.0420. The van der Waals surface area contributed by atoms with E-state index < -0.39 is 0 Å². The Bertz CT molecular complexity index is 1860. The first-order valence-corrected chi connectivity index (χ1v) is 15.8. The van der Waals surface area contributed by atoms with Crippen molar-refractivity contribution in [1.29, 1.82) is 0 Å². The predicted molar refractivity (Wildman–Crippen MR) is 177 cm³/mol. The number of nitrogens with zero attached hydrogens (tertiary/aromatic N) is 1. The number of hydrogen-bond acceptors (Lipinski definition) is 4. The van der Waals surface area contributed by atoms with Gasteiger partial charge in [0.15, 0.2) is 0 Å². The van der Waals surface area contributed by atoms with Crippen LogP contribution in [-0.4, -0.2) is 15.0 Å². The van der Waals surface area contributed by atoms with Gasteiger partial charge in [-0.15, -0.1) is 23.1 Å². The molecule has 2 nitrogen and oxygen atoms in total. The van der Waals surface area contributed by atoms with Crippen molar-refractivity contribution in [2.24, 2.45) is 5.73 Å². The molecule has 1 saturated heterocycles. The summed E-state index contributed by atoms with van der Waals surface area (Å²) in [7, 11) is 0. The number of allylic oxidation sites excluding steroid dienone is 7. The van der Waals surface area contributed by atoms with Gasteiger partial charge >= 0.3 is 0 Å². The van der Waals surface area contributed by atoms with Crippen LogP contribution < -0.4 is 5.73 Å². The fourth-order valence-electron chi connectivity index (χ4n) is 5.55. The second-order valence-corrected chi connectivity index (χ2v) is 13.3. The van der Waals surface area contributed by atoms with Gasteiger partial charge in [0, 0.05) is 22.1 Å². The van der Waals surface area contributed by atoms with Crippen molar-refractivity contribution in [2.75, 3.05) is 0 Å². The molecule has 200 valence electrons. The van der Waals surface area contributed by atoms with Gasteiger partial charge in [-0.2, -0.15) is 0 Å². The Labute approximate surface area is 250 Å². The van der Waals surface area contributed by atoms with Gasteiger partial charge in [-0.25, -0.2) is 4.98 Å². The number of hydrogen-bond donors (Lipinski definition) is 1. The fraction of sp³-hybridized carbons (Fsp3) is 0.162. The topological polar surface area (TPSA) is 38.9 Å². The first-order valence-electron chi connectivity index (χ1n) is 14.1. The Morgan fingerprint density at radius 1 is 1.00 bits per heavy atom. The van der Waals surface area contributed by atoms with E-state index >= 15 is 0 Å². The zero-order valence-electron chi connectivity index (χ0n) is 22.9. The number of thiazole rings is 1. The molecule has 2 unspecified atom stereocenters. The van der Waals surface area contributed by atoms with Gasteiger partial charge in [0.1, 0.15) is 5.01 Å². The highest BCUT2D eigenvalue weighted by molar-refractivity contribution is 8.02. The summed E-state index contributed by atoms with van der Waals surface area (Å²) in [6, 6.07) is 27.3. The number of thioether (sulfide) groups is 1. The van der Waals surface area contributed by atoms with Gasteiger partial charge in [-0.05, 0) is 83.5 Å². The summed E-state index contributed by atoms with van der Waals surface area (Å²) in [5, 5.41) is 1.58. The van der Waals surface area contributed by atoms with Crippen molar-refractivity contribution in [3.05, 3.63) is 142 Å². The van der Waals surface area contributed by atoms with E-state index in [9.17, 15) is 0 Å². The summed E-state index contributed by atoms with van der Waals surface area (Å²) >= 11 is 3.86. The lowest BCUT2D eigenvalue weighted by atomic mass is 9.94. The molecular weight excluding hydrogens is 537 g/mol. The summed E-state index contributed by atoms with van der Waals surface area (Å²) in [4.78, 5) is 5.16. The maximum Gasteiger partial charge on any atom is 0.120 e. The highest BCUT2D eigenvalue weighted by Crippen LogP contribution is 2.66. The molecule has 2 N–H and O–H groups in total. The molecule has 2 atom stereocenters. The van der Waals surface area contributed by atoms with Crippen molar-refractivity contribution >= 4 is 38.9 Å². The molecule has 1 fully saturated rings. The van der Waals surface area contributed by atoms with Crippen molar-refractivity contribution < 1.29 is 0 Å². The SMILES string of the molecule is CC/C(N)=C\C=C(/CC12C=C1C1=CC(C#Cc3ccccc3)=CCC1S2)c1nc2cc(-c3ccccc3)ccc2s1. The third-order valence-electron chi connectivity index (χ3n) is 7.88. The second-order valence-electron chi connectivity index (χ2n) is 10.7. The van der Waals surface area contributed by atoms with Crippen LogP contribution in [0.2, 0.25) is 0 Å². The van der Waals surface area contributed by atoms with Gasteiger partial charge in [-0.3, -0.25) is 0 Å². The summed E-state index contributed by atoms with van der Waals surface area (Å²) in [5.41, 5.74) is 16.9. The quantitative estimate of drug-likeness (QED) is 0.187. The van der Waals surface area contributed by atoms with E-state index in [-0.39, 0.29) is 4.75 Å². The van der Waals surface area contributed by atoms with Crippen LogP contribution in [0.3, 0.4) is 0 Å². The van der Waals surface area contributed by atoms with Gasteiger partial charge in [-0.1, -0.05) is 91.6 Å². The highest BCUT2D eigenvalue weighted by Gasteiger charge is 2.55. The molecule has 41 heavy (non-hydrogen) atoms. The van der Waals surface area contributed by atoms with Crippen molar-refractivity contribution in [2.45, 2.75) is 36.2 Å². The summed E-state index contributed by atoms with van der Waals surface area (Å²) in [5.74, 6) is 6.72. The maximum atomic E-state index is 6.24. The zero-order chi connectivity index (χ0) is 27.8. The maximum absolute atomic E-state index is 6.24. The summed E-state index contributed by atoms with van der Waals surface area (Å²) < 4.78 is 1.25. The highest BCUT2D eigenvalue weighted by atomic mass is 32.2. The smallest absolute Gasteiger partial charge is 0.120 e. The lowest BCUT2D eigenvalue weighted by Gasteiger charge is -2.18. The van der Waals surface area contributed by atoms with Gasteiger partial charge in [0.2, 0.25) is 0 Å². The zero-order valence-corrected chi connectivity index (χ0v) is 24.6. The van der Waals surface area contributed by atoms with E-state index in [0.717, 1.165) is 46.6 Å². The first-order chi connectivity index (χ1) is 20.1. The average molecular weight is 567 g/mol. The van der Waals surface area contributed by atoms with E-state index in [4.69, 9.17) is 10.7 Å². The lowest BCUT2D eigenvalue weighted by molar-refractivity contribution is 0.993. The molecular formula is C37H30N2S2. The molecule has 3 aromatic carbocycles. The number of nitrogens with two attached hydrogens (primary N) is 1. The van der Waals surface area contributed by atoms with Crippen LogP contribution in [-0.2, 0) is 0 Å². The van der Waals surface area contributed by atoms with Gasteiger partial charge in [0.05, 0.1) is 15.0 Å². The molecule has 2 heterocycles. The molecule has 4 heteroatoms. The van der Waals surface area contributed by atoms with E-state index in [1.807, 2.05) is 18.2 Å². The molecule has 7 rings (SSSR count). The van der Waals surface area contributed by atoms with E-state index in [2.05, 4.69) is 122 Å². The summed E-state index contributed by atoms with van der Waals surface area (Å²) in [6.45, 7) is 2.09. The third kappa shape index (κ3) is 5.24. The predicted octanol–water partition coefficient (Wildman–Crippen LogP) is 9.09. The Balaban J connectivity index is 1.16. The molecule has 2 aliphatic carbocycles. The standard InChI is InChI=1S/C37H30N2S2/c1-2-30(38)18-16-29(36-39-33-22-28(17-20-35(33)40-36)27-11-7-4-8-12-27)23-37-24-32(37)31-21-26(15-19-34(31)41-37)14-13-25-9-5-3-6-10-25/h3-12,15-18,20-22,24,34H,2,19,23,38H2,1H3/b29-16+,30-18+. The number of benzene rings is 3. The molecule has 0 bridgehead atoms. The Hall–Kier alpha value is -4.04. The van der Waals surface area contributed by atoms with Crippen LogP contribution in [0.5, 0.6) is 0 Å². The third-order valence-corrected chi connectivity index (χ3v) is 10.6. The normalized spacial score (nSPS) is 21.3. The number of rotatable bonds is 6. The van der Waals surface area contributed by atoms with E-state index in [0.29, 0.717) is 5.25 Å². The summed E-state index contributed by atoms with van der Waals surface area (Å²) in [6.07, 6.45) is 14.1. The molecule has 0 saturated carbocycles. The van der Waals surface area contributed by atoms with E-state index in [1.54, 1.807) is 11.3 Å². The van der Waals surface area contributed by atoms with Crippen LogP contribution >= 0.6 is 23.1 Å². The van der Waals surface area contributed by atoms with Crippen molar-refractivity contribution in [3.63, 3.8) is 0 Å². The average Bonchev–Trinajstić information content (AvgIpc) is 3.40. The minimum Gasteiger partial charge on any atom is -0.402 e. The molecule has 3 aliphatic rings. The second kappa shape index (κ2) is 10.7. The molecule has 1 aliphatic heterocycles. The van der Waals surface area contributed by atoms with Crippen LogP contribution in [0.4, 0.5) is 0 Å². The number of aromatic nitrogens is 1. The number of fused-ring (bicyclic) bond motifs is 4. The molecule has 0 radical (unpaired) electrons. The van der Waals surface area contributed by atoms with Crippen molar-refractivity contribution in [3.8, 4) is 23.0 Å². The monoisotopic (exact) mass is 566 g/mol. The van der Waals surface area contributed by atoms with E-state index in [1.165, 1.54) is 32.5 Å². The van der Waals surface area contributed by atoms with Crippen LogP contribution in [0.25, 0.3) is 26.9 Å². The fourth-order valence-corrected chi connectivity index (χ4v) is 8.21. The Kier molecular flexibility index (Phi) is 6.79. The van der Waals surface area contributed by atoms with Crippen LogP contribution in [0, 0.1) is 11.8 Å². The molecule has 1 aromatic heterocycles. The van der Waals surface area contributed by atoms with Crippen LogP contribution in [0.1, 0.15) is 36.8 Å². The van der Waals surface area contributed by atoms with Gasteiger partial charge < -0.3 is 5.73 Å².